The number of aliphatic carboxylic acids is 1. The van der Waals surface area contributed by atoms with Crippen LogP contribution in [-0.4, -0.2) is 22.3 Å². The number of carbonyl (C=O) groups is 1. The van der Waals surface area contributed by atoms with Crippen LogP contribution in [0.15, 0.2) is 0 Å². The topological polar surface area (TPSA) is 57.5 Å². The van der Waals surface area contributed by atoms with Gasteiger partial charge < -0.3 is 10.2 Å². The summed E-state index contributed by atoms with van der Waals surface area (Å²) in [5, 5.41) is 17.6. The molecule has 0 aromatic carbocycles. The first-order valence-electron chi connectivity index (χ1n) is 3.98. The second kappa shape index (κ2) is 5.13. The maximum Gasteiger partial charge on any atom is 0.306 e. The molecule has 11 heavy (non-hydrogen) atoms. The molecule has 0 bridgehead atoms. The number of hydrogen-bond acceptors (Lipinski definition) is 2. The van der Waals surface area contributed by atoms with E-state index in [-0.39, 0.29) is 12.0 Å². The third-order valence-electron chi connectivity index (χ3n) is 1.83. The van der Waals surface area contributed by atoms with E-state index in [4.69, 9.17) is 10.2 Å². The summed E-state index contributed by atoms with van der Waals surface area (Å²) in [6, 6.07) is 0. The summed E-state index contributed by atoms with van der Waals surface area (Å²) in [6.45, 7) is 3.54. The minimum absolute atomic E-state index is 0.336. The minimum atomic E-state index is -0.784. The molecule has 0 spiro atoms. The normalized spacial score (nSPS) is 15.9. The summed E-state index contributed by atoms with van der Waals surface area (Å²) in [5.74, 6) is -1.12. The summed E-state index contributed by atoms with van der Waals surface area (Å²) in [7, 11) is 0. The maximum atomic E-state index is 10.3. The van der Waals surface area contributed by atoms with E-state index in [1.165, 1.54) is 0 Å². The van der Waals surface area contributed by atoms with Gasteiger partial charge in [0.25, 0.3) is 0 Å². The van der Waals surface area contributed by atoms with E-state index in [0.717, 1.165) is 0 Å². The fourth-order valence-corrected chi connectivity index (χ4v) is 0.770. The van der Waals surface area contributed by atoms with Gasteiger partial charge >= 0.3 is 5.97 Å². The van der Waals surface area contributed by atoms with Gasteiger partial charge in [-0.05, 0) is 19.3 Å². The van der Waals surface area contributed by atoms with E-state index in [1.807, 2.05) is 6.92 Å². The van der Waals surface area contributed by atoms with Crippen LogP contribution >= 0.6 is 0 Å². The molecule has 0 aromatic heterocycles. The zero-order chi connectivity index (χ0) is 8.85. The fourth-order valence-electron chi connectivity index (χ4n) is 0.770. The van der Waals surface area contributed by atoms with Crippen molar-refractivity contribution in [1.29, 1.82) is 0 Å². The van der Waals surface area contributed by atoms with Crippen LogP contribution in [-0.2, 0) is 4.79 Å². The fraction of sp³-hybridized carbons (Fsp3) is 0.875. The Labute approximate surface area is 67.0 Å². The first-order chi connectivity index (χ1) is 5.07. The molecule has 0 radical (unpaired) electrons. The van der Waals surface area contributed by atoms with Crippen molar-refractivity contribution in [2.45, 2.75) is 39.2 Å². The number of aliphatic hydroxyl groups is 1. The molecule has 2 atom stereocenters. The van der Waals surface area contributed by atoms with E-state index < -0.39 is 5.97 Å². The summed E-state index contributed by atoms with van der Waals surface area (Å²) in [5.41, 5.74) is 0. The highest BCUT2D eigenvalue weighted by Gasteiger charge is 2.12. The molecule has 1 unspecified atom stereocenters. The molecule has 0 aromatic rings. The number of aliphatic hydroxyl groups excluding tert-OH is 1. The minimum Gasteiger partial charge on any atom is -0.481 e. The van der Waals surface area contributed by atoms with Crippen LogP contribution in [0.2, 0.25) is 0 Å². The van der Waals surface area contributed by atoms with Crippen molar-refractivity contribution < 1.29 is 15.0 Å². The van der Waals surface area contributed by atoms with Gasteiger partial charge in [0, 0.05) is 0 Å². The van der Waals surface area contributed by atoms with Crippen LogP contribution in [0.4, 0.5) is 0 Å². The van der Waals surface area contributed by atoms with Gasteiger partial charge in [0.1, 0.15) is 0 Å². The quantitative estimate of drug-likeness (QED) is 0.636. The number of carboxylic acid groups (broad SMARTS) is 1. The van der Waals surface area contributed by atoms with Gasteiger partial charge in [-0.1, -0.05) is 13.8 Å². The van der Waals surface area contributed by atoms with Gasteiger partial charge in [0.15, 0.2) is 0 Å². The average molecular weight is 160 g/mol. The average Bonchev–Trinajstić information content (AvgIpc) is 1.99. The van der Waals surface area contributed by atoms with Crippen LogP contribution < -0.4 is 0 Å². The highest BCUT2D eigenvalue weighted by molar-refractivity contribution is 5.69. The Bertz CT molecular complexity index is 123. The Morgan fingerprint density at radius 1 is 1.45 bits per heavy atom. The second-order valence-corrected chi connectivity index (χ2v) is 2.88. The van der Waals surface area contributed by atoms with Crippen molar-refractivity contribution in [3.05, 3.63) is 0 Å². The van der Waals surface area contributed by atoms with Crippen molar-refractivity contribution in [1.82, 2.24) is 0 Å². The van der Waals surface area contributed by atoms with E-state index in [9.17, 15) is 4.79 Å². The number of carboxylic acids is 1. The standard InChI is InChI=1S/C8H16O3/c1-3-7(9)5-4-6(2)8(10)11/h6-7,9H,3-5H2,1-2H3,(H,10,11)/t6?,7-/m1/s1. The van der Waals surface area contributed by atoms with E-state index in [2.05, 4.69) is 0 Å². The lowest BCUT2D eigenvalue weighted by molar-refractivity contribution is -0.141. The SMILES string of the molecule is CC[C@@H](O)CCC(C)C(=O)O. The first kappa shape index (κ1) is 10.4. The molecular weight excluding hydrogens is 144 g/mol. The smallest absolute Gasteiger partial charge is 0.306 e. The predicted molar refractivity (Wildman–Crippen MR) is 42.3 cm³/mol. The predicted octanol–water partition coefficient (Wildman–Crippen LogP) is 1.26. The molecule has 0 amide bonds. The van der Waals surface area contributed by atoms with Crippen molar-refractivity contribution in [2.24, 2.45) is 5.92 Å². The van der Waals surface area contributed by atoms with Crippen LogP contribution in [0.1, 0.15) is 33.1 Å². The number of rotatable bonds is 5. The molecule has 0 aliphatic carbocycles. The summed E-state index contributed by atoms with van der Waals surface area (Å²) >= 11 is 0. The summed E-state index contributed by atoms with van der Waals surface area (Å²) in [6.07, 6.45) is 1.51. The zero-order valence-corrected chi connectivity index (χ0v) is 7.08. The first-order valence-corrected chi connectivity index (χ1v) is 3.98. The van der Waals surface area contributed by atoms with Gasteiger partial charge in [-0.3, -0.25) is 4.79 Å². The van der Waals surface area contributed by atoms with Gasteiger partial charge in [-0.25, -0.2) is 0 Å². The molecule has 3 heteroatoms. The Morgan fingerprint density at radius 3 is 2.36 bits per heavy atom. The van der Waals surface area contributed by atoms with E-state index in [1.54, 1.807) is 6.92 Å². The van der Waals surface area contributed by atoms with Crippen molar-refractivity contribution in [2.75, 3.05) is 0 Å². The molecule has 0 saturated heterocycles. The molecule has 66 valence electrons. The maximum absolute atomic E-state index is 10.3. The van der Waals surface area contributed by atoms with Gasteiger partial charge in [0.05, 0.1) is 12.0 Å². The van der Waals surface area contributed by atoms with Gasteiger partial charge in [-0.15, -0.1) is 0 Å². The van der Waals surface area contributed by atoms with Crippen molar-refractivity contribution >= 4 is 5.97 Å². The lowest BCUT2D eigenvalue weighted by atomic mass is 10.0. The van der Waals surface area contributed by atoms with E-state index in [0.29, 0.717) is 19.3 Å². The Hall–Kier alpha value is -0.570. The molecule has 3 nitrogen and oxygen atoms in total. The van der Waals surface area contributed by atoms with E-state index >= 15 is 0 Å². The highest BCUT2D eigenvalue weighted by atomic mass is 16.4. The Morgan fingerprint density at radius 2 is 2.00 bits per heavy atom. The zero-order valence-electron chi connectivity index (χ0n) is 7.08. The lowest BCUT2D eigenvalue weighted by Crippen LogP contribution is -2.13. The van der Waals surface area contributed by atoms with Crippen molar-refractivity contribution in [3.63, 3.8) is 0 Å². The second-order valence-electron chi connectivity index (χ2n) is 2.88. The van der Waals surface area contributed by atoms with Crippen molar-refractivity contribution in [3.8, 4) is 0 Å². The molecule has 2 N–H and O–H groups in total. The van der Waals surface area contributed by atoms with Crippen LogP contribution in [0.25, 0.3) is 0 Å². The van der Waals surface area contributed by atoms with Gasteiger partial charge in [-0.2, -0.15) is 0 Å². The molecule has 0 aliphatic rings. The molecule has 0 aliphatic heterocycles. The Kier molecular flexibility index (Phi) is 4.86. The summed E-state index contributed by atoms with van der Waals surface area (Å²) < 4.78 is 0. The lowest BCUT2D eigenvalue weighted by Gasteiger charge is -2.09. The Balaban J connectivity index is 3.45. The monoisotopic (exact) mass is 160 g/mol. The molecule has 0 rings (SSSR count). The van der Waals surface area contributed by atoms with Crippen LogP contribution in [0, 0.1) is 5.92 Å². The molecule has 0 saturated carbocycles. The van der Waals surface area contributed by atoms with Crippen LogP contribution in [0.3, 0.4) is 0 Å². The molecular formula is C8H16O3. The highest BCUT2D eigenvalue weighted by Crippen LogP contribution is 2.09. The third-order valence-corrected chi connectivity index (χ3v) is 1.83. The largest absolute Gasteiger partial charge is 0.481 e. The van der Waals surface area contributed by atoms with Gasteiger partial charge in [0.2, 0.25) is 0 Å². The van der Waals surface area contributed by atoms with Crippen LogP contribution in [0.5, 0.6) is 0 Å². The molecule has 0 fully saturated rings. The summed E-state index contributed by atoms with van der Waals surface area (Å²) in [4.78, 5) is 10.3. The molecule has 0 heterocycles. The third kappa shape index (κ3) is 4.79. The number of hydrogen-bond donors (Lipinski definition) is 2.